The molecule has 2 N–H and O–H groups in total. The van der Waals surface area contributed by atoms with Crippen molar-refractivity contribution in [3.63, 3.8) is 0 Å². The fourth-order valence-electron chi connectivity index (χ4n) is 1.82. The third-order valence-corrected chi connectivity index (χ3v) is 3.02. The molecule has 2 heterocycles. The zero-order chi connectivity index (χ0) is 11.2. The molecule has 1 fully saturated rings. The largest absolute Gasteiger partial charge is 0.325 e. The highest BCUT2D eigenvalue weighted by molar-refractivity contribution is 5.78. The lowest BCUT2D eigenvalue weighted by molar-refractivity contribution is 0.264. The molecule has 2 aromatic heterocycles. The van der Waals surface area contributed by atoms with E-state index in [1.807, 2.05) is 6.07 Å². The second kappa shape index (κ2) is 3.25. The molecule has 16 heavy (non-hydrogen) atoms. The average Bonchev–Trinajstić information content (AvgIpc) is 2.88. The molecule has 0 bridgehead atoms. The van der Waals surface area contributed by atoms with Crippen LogP contribution in [0.5, 0.6) is 0 Å². The number of nitrogens with zero attached hydrogens (tertiary/aromatic N) is 3. The lowest BCUT2D eigenvalue weighted by Crippen LogP contribution is -2.13. The van der Waals surface area contributed by atoms with E-state index in [-0.39, 0.29) is 0 Å². The maximum absolute atomic E-state index is 13.6. The van der Waals surface area contributed by atoms with Crippen molar-refractivity contribution in [2.75, 3.05) is 0 Å². The second-order valence-corrected chi connectivity index (χ2v) is 4.39. The molecular formula is C11H13FN4. The molecule has 0 atom stereocenters. The number of nitrogens with two attached hydrogens (primary N) is 1. The van der Waals surface area contributed by atoms with E-state index >= 15 is 0 Å². The maximum Gasteiger partial charge on any atom is 0.130 e. The zero-order valence-electron chi connectivity index (χ0n) is 8.86. The first-order valence-corrected chi connectivity index (χ1v) is 5.40. The summed E-state index contributed by atoms with van der Waals surface area (Å²) in [6, 6.07) is 1.90. The van der Waals surface area contributed by atoms with E-state index in [1.54, 1.807) is 17.1 Å². The van der Waals surface area contributed by atoms with Gasteiger partial charge in [-0.1, -0.05) is 0 Å². The molecule has 4 nitrogen and oxygen atoms in total. The summed E-state index contributed by atoms with van der Waals surface area (Å²) in [5, 5.41) is 5.16. The molecule has 0 unspecified atom stereocenters. The minimum Gasteiger partial charge on any atom is -0.325 e. The molecule has 0 aromatic carbocycles. The normalized spacial score (nSPS) is 17.9. The van der Waals surface area contributed by atoms with Gasteiger partial charge in [0.05, 0.1) is 30.1 Å². The van der Waals surface area contributed by atoms with E-state index in [1.165, 1.54) is 0 Å². The summed E-state index contributed by atoms with van der Waals surface area (Å²) in [4.78, 5) is 4.20. The molecule has 5 heteroatoms. The van der Waals surface area contributed by atoms with Crippen molar-refractivity contribution in [2.45, 2.75) is 31.6 Å². The predicted molar refractivity (Wildman–Crippen MR) is 58.5 cm³/mol. The Balaban J connectivity index is 2.00. The Labute approximate surface area is 92.3 Å². The van der Waals surface area contributed by atoms with Crippen LogP contribution in [-0.4, -0.2) is 20.4 Å². The summed E-state index contributed by atoms with van der Waals surface area (Å²) in [7, 11) is 0. The van der Waals surface area contributed by atoms with Crippen molar-refractivity contribution in [2.24, 2.45) is 5.73 Å². The summed E-state index contributed by atoms with van der Waals surface area (Å²) >= 11 is 0. The number of fused-ring (bicyclic) bond motifs is 1. The van der Waals surface area contributed by atoms with E-state index < -0.39 is 5.67 Å². The quantitative estimate of drug-likeness (QED) is 0.850. The van der Waals surface area contributed by atoms with Crippen LogP contribution in [0.1, 0.15) is 18.5 Å². The van der Waals surface area contributed by atoms with Crippen LogP contribution in [0.3, 0.4) is 0 Å². The van der Waals surface area contributed by atoms with Gasteiger partial charge >= 0.3 is 0 Å². The minimum atomic E-state index is -1.04. The third-order valence-electron chi connectivity index (χ3n) is 3.02. The van der Waals surface area contributed by atoms with Crippen LogP contribution < -0.4 is 5.73 Å². The molecule has 3 rings (SSSR count). The summed E-state index contributed by atoms with van der Waals surface area (Å²) in [6.07, 6.45) is 4.74. The van der Waals surface area contributed by atoms with Gasteiger partial charge in [-0.2, -0.15) is 5.10 Å². The molecule has 1 aliphatic rings. The van der Waals surface area contributed by atoms with Gasteiger partial charge in [0, 0.05) is 11.9 Å². The SMILES string of the molecule is NCc1cc2cnn(CC3(F)CC3)c2cn1. The lowest BCUT2D eigenvalue weighted by Gasteiger charge is -2.06. The molecule has 0 amide bonds. The lowest BCUT2D eigenvalue weighted by atomic mass is 10.2. The number of hydrogen-bond donors (Lipinski definition) is 1. The van der Waals surface area contributed by atoms with Crippen LogP contribution in [0.2, 0.25) is 0 Å². The number of rotatable bonds is 3. The van der Waals surface area contributed by atoms with E-state index in [4.69, 9.17) is 5.73 Å². The van der Waals surface area contributed by atoms with Crippen molar-refractivity contribution in [1.29, 1.82) is 0 Å². The molecule has 0 saturated heterocycles. The minimum absolute atomic E-state index is 0.333. The predicted octanol–water partition coefficient (Wildman–Crippen LogP) is 1.39. The number of aromatic nitrogens is 3. The molecule has 1 saturated carbocycles. The number of alkyl halides is 1. The Kier molecular flexibility index (Phi) is 1.97. The fraction of sp³-hybridized carbons (Fsp3) is 0.455. The monoisotopic (exact) mass is 220 g/mol. The maximum atomic E-state index is 13.6. The van der Waals surface area contributed by atoms with Crippen LogP contribution >= 0.6 is 0 Å². The summed E-state index contributed by atoms with van der Waals surface area (Å²) < 4.78 is 15.3. The summed E-state index contributed by atoms with van der Waals surface area (Å²) in [6.45, 7) is 0.744. The van der Waals surface area contributed by atoms with Crippen molar-refractivity contribution < 1.29 is 4.39 Å². The molecule has 84 valence electrons. The van der Waals surface area contributed by atoms with Crippen LogP contribution in [0.15, 0.2) is 18.5 Å². The number of hydrogen-bond acceptors (Lipinski definition) is 3. The molecule has 1 aliphatic carbocycles. The summed E-state index contributed by atoms with van der Waals surface area (Å²) in [5.74, 6) is 0. The smallest absolute Gasteiger partial charge is 0.130 e. The average molecular weight is 220 g/mol. The van der Waals surface area contributed by atoms with Crippen molar-refractivity contribution >= 4 is 10.9 Å². The molecule has 0 spiro atoms. The van der Waals surface area contributed by atoms with Gasteiger partial charge in [0.15, 0.2) is 0 Å². The van der Waals surface area contributed by atoms with Gasteiger partial charge in [-0.15, -0.1) is 0 Å². The topological polar surface area (TPSA) is 56.7 Å². The molecule has 0 radical (unpaired) electrons. The van der Waals surface area contributed by atoms with E-state index in [0.29, 0.717) is 25.9 Å². The molecule has 2 aromatic rings. The van der Waals surface area contributed by atoms with Gasteiger partial charge in [-0.05, 0) is 18.9 Å². The first-order valence-electron chi connectivity index (χ1n) is 5.40. The summed E-state index contributed by atoms with van der Waals surface area (Å²) in [5.41, 5.74) is 6.18. The highest BCUT2D eigenvalue weighted by Gasteiger charge is 2.43. The van der Waals surface area contributed by atoms with Gasteiger partial charge in [0.2, 0.25) is 0 Å². The van der Waals surface area contributed by atoms with E-state index in [0.717, 1.165) is 16.6 Å². The van der Waals surface area contributed by atoms with Crippen LogP contribution in [-0.2, 0) is 13.1 Å². The Morgan fingerprint density at radius 2 is 2.25 bits per heavy atom. The van der Waals surface area contributed by atoms with Gasteiger partial charge in [0.1, 0.15) is 5.67 Å². The van der Waals surface area contributed by atoms with Crippen molar-refractivity contribution in [1.82, 2.24) is 14.8 Å². The first kappa shape index (κ1) is 9.72. The van der Waals surface area contributed by atoms with Gasteiger partial charge in [-0.25, -0.2) is 4.39 Å². The fourth-order valence-corrected chi connectivity index (χ4v) is 1.82. The number of halogens is 1. The first-order chi connectivity index (χ1) is 7.70. The highest BCUT2D eigenvalue weighted by Crippen LogP contribution is 2.41. The van der Waals surface area contributed by atoms with E-state index in [2.05, 4.69) is 10.1 Å². The Morgan fingerprint density at radius 1 is 1.44 bits per heavy atom. The standard InChI is InChI=1S/C11H13FN4/c12-11(1-2-11)7-16-10-6-14-9(4-13)3-8(10)5-15-16/h3,5-6H,1-2,4,7,13H2. The van der Waals surface area contributed by atoms with Gasteiger partial charge < -0.3 is 5.73 Å². The van der Waals surface area contributed by atoms with Gasteiger partial charge in [-0.3, -0.25) is 9.67 Å². The van der Waals surface area contributed by atoms with Crippen molar-refractivity contribution in [3.05, 3.63) is 24.2 Å². The Hall–Kier alpha value is -1.49. The second-order valence-electron chi connectivity index (χ2n) is 4.39. The molecule has 0 aliphatic heterocycles. The van der Waals surface area contributed by atoms with Crippen LogP contribution in [0.25, 0.3) is 10.9 Å². The third kappa shape index (κ3) is 1.57. The van der Waals surface area contributed by atoms with Crippen LogP contribution in [0.4, 0.5) is 4.39 Å². The van der Waals surface area contributed by atoms with E-state index in [9.17, 15) is 4.39 Å². The zero-order valence-corrected chi connectivity index (χ0v) is 8.86. The highest BCUT2D eigenvalue weighted by atomic mass is 19.1. The Bertz CT molecular complexity index is 530. The van der Waals surface area contributed by atoms with Crippen molar-refractivity contribution in [3.8, 4) is 0 Å². The van der Waals surface area contributed by atoms with Gasteiger partial charge in [0.25, 0.3) is 0 Å². The molecular weight excluding hydrogens is 207 g/mol. The Morgan fingerprint density at radius 3 is 2.94 bits per heavy atom. The number of pyridine rings is 1. The van der Waals surface area contributed by atoms with Crippen LogP contribution in [0, 0.1) is 0 Å².